The van der Waals surface area contributed by atoms with Gasteiger partial charge in [-0.1, -0.05) is 12.1 Å². The summed E-state index contributed by atoms with van der Waals surface area (Å²) >= 11 is 0. The molecule has 2 aliphatic heterocycles. The van der Waals surface area contributed by atoms with E-state index < -0.39 is 48.2 Å². The van der Waals surface area contributed by atoms with Gasteiger partial charge in [-0.25, -0.2) is 9.78 Å². The Bertz CT molecular complexity index is 1580. The van der Waals surface area contributed by atoms with Gasteiger partial charge in [-0.2, -0.15) is 4.98 Å². The summed E-state index contributed by atoms with van der Waals surface area (Å²) in [5.74, 6) is -0.994. The van der Waals surface area contributed by atoms with E-state index in [0.29, 0.717) is 16.6 Å². The number of aryl methyl sites for hydroxylation is 2. The number of aliphatic hydroxyl groups excluding tert-OH is 3. The Morgan fingerprint density at radius 2 is 1.77 bits per heavy atom. The number of nitrogens with zero attached hydrogens (tertiary/aromatic N) is 3. The average molecular weight is 540 g/mol. The Morgan fingerprint density at radius 1 is 1.10 bits per heavy atom. The number of benzene rings is 2. The van der Waals surface area contributed by atoms with E-state index in [-0.39, 0.29) is 30.2 Å². The number of carbonyl (C=O) groups is 1. The van der Waals surface area contributed by atoms with Crippen LogP contribution in [0.2, 0.25) is 0 Å². The van der Waals surface area contributed by atoms with Gasteiger partial charge < -0.3 is 35.5 Å². The molecule has 4 rings (SSSR count). The van der Waals surface area contributed by atoms with Crippen LogP contribution in [0.5, 0.6) is 5.75 Å². The molecule has 0 saturated carbocycles. The molecule has 0 spiro atoms. The van der Waals surface area contributed by atoms with Crippen molar-refractivity contribution in [1.29, 1.82) is 0 Å². The Hall–Kier alpha value is -4.17. The summed E-state index contributed by atoms with van der Waals surface area (Å²) in [6, 6.07) is 8.36. The normalized spacial score (nSPS) is 14.7. The van der Waals surface area contributed by atoms with Crippen molar-refractivity contribution >= 4 is 17.0 Å². The first-order valence-corrected chi connectivity index (χ1v) is 12.1. The van der Waals surface area contributed by atoms with Crippen molar-refractivity contribution in [3.63, 3.8) is 0 Å². The summed E-state index contributed by atoms with van der Waals surface area (Å²) in [7, 11) is 0. The number of ether oxygens (including phenoxy) is 1. The molecule has 39 heavy (non-hydrogen) atoms. The maximum atomic E-state index is 13.0. The Morgan fingerprint density at radius 3 is 2.44 bits per heavy atom. The molecular formula is C26H29N5O8. The molecule has 0 radical (unpaired) electrons. The van der Waals surface area contributed by atoms with E-state index in [4.69, 9.17) is 10.5 Å². The number of hydrogen-bond donors (Lipinski definition) is 6. The Kier molecular flexibility index (Phi) is 8.06. The number of nitrogens with two attached hydrogens (primary N) is 1. The third kappa shape index (κ3) is 5.96. The van der Waals surface area contributed by atoms with E-state index in [0.717, 1.165) is 11.1 Å². The first kappa shape index (κ1) is 27.9. The molecule has 4 atom stereocenters. The van der Waals surface area contributed by atoms with E-state index in [2.05, 4.69) is 15.0 Å². The summed E-state index contributed by atoms with van der Waals surface area (Å²) in [4.78, 5) is 48.0. The third-order valence-corrected chi connectivity index (χ3v) is 6.51. The molecule has 0 saturated heterocycles. The van der Waals surface area contributed by atoms with E-state index in [9.17, 15) is 34.8 Å². The van der Waals surface area contributed by atoms with Crippen molar-refractivity contribution in [3.05, 3.63) is 73.9 Å². The predicted molar refractivity (Wildman–Crippen MR) is 139 cm³/mol. The molecule has 2 aromatic carbocycles. The van der Waals surface area contributed by atoms with Crippen molar-refractivity contribution < 1.29 is 30.0 Å². The monoisotopic (exact) mass is 539 g/mol. The number of H-pyrrole nitrogens is 1. The van der Waals surface area contributed by atoms with E-state index in [1.54, 1.807) is 24.3 Å². The van der Waals surface area contributed by atoms with Crippen LogP contribution in [-0.4, -0.2) is 76.9 Å². The van der Waals surface area contributed by atoms with E-state index >= 15 is 0 Å². The van der Waals surface area contributed by atoms with Crippen LogP contribution in [0.3, 0.4) is 0 Å². The fraction of sp³-hybridized carbons (Fsp3) is 0.346. The number of esters is 1. The van der Waals surface area contributed by atoms with Crippen LogP contribution < -0.4 is 17.0 Å². The summed E-state index contributed by atoms with van der Waals surface area (Å²) in [6.07, 6.45) is -4.90. The number of carbonyl (C=O) groups excluding carboxylic acids is 1. The molecule has 0 aromatic heterocycles. The lowest BCUT2D eigenvalue weighted by Gasteiger charge is -2.29. The highest BCUT2D eigenvalue weighted by Gasteiger charge is 2.33. The number of aromatic hydroxyl groups is 1. The highest BCUT2D eigenvalue weighted by atomic mass is 16.6. The average Bonchev–Trinajstić information content (AvgIpc) is 2.89. The maximum absolute atomic E-state index is 13.0. The zero-order chi connectivity index (χ0) is 28.4. The molecular weight excluding hydrogens is 510 g/mol. The van der Waals surface area contributed by atoms with Crippen molar-refractivity contribution in [2.75, 3.05) is 6.61 Å². The van der Waals surface area contributed by atoms with Crippen LogP contribution in [-0.2, 0) is 22.5 Å². The number of hydrogen-bond acceptors (Lipinski definition) is 11. The highest BCUT2D eigenvalue weighted by Crippen LogP contribution is 2.25. The van der Waals surface area contributed by atoms with Gasteiger partial charge in [-0.15, -0.1) is 0 Å². The number of phenolic OH excluding ortho intramolecular Hbond substituents is 1. The molecule has 13 nitrogen and oxygen atoms in total. The van der Waals surface area contributed by atoms with Gasteiger partial charge in [-0.05, 0) is 61.2 Å². The van der Waals surface area contributed by atoms with Crippen LogP contribution in [0.15, 0.2) is 46.0 Å². The van der Waals surface area contributed by atoms with Gasteiger partial charge in [0, 0.05) is 0 Å². The summed E-state index contributed by atoms with van der Waals surface area (Å²) in [5.41, 5.74) is 7.36. The second-order valence-corrected chi connectivity index (χ2v) is 9.38. The van der Waals surface area contributed by atoms with Gasteiger partial charge in [-0.3, -0.25) is 14.6 Å². The zero-order valence-corrected chi connectivity index (χ0v) is 21.2. The first-order valence-electron chi connectivity index (χ1n) is 12.1. The lowest BCUT2D eigenvalue weighted by atomic mass is 10.0. The third-order valence-electron chi connectivity index (χ3n) is 6.51. The van der Waals surface area contributed by atoms with E-state index in [1.807, 2.05) is 13.8 Å². The number of nitrogens with one attached hydrogen (secondary N) is 1. The number of aromatic amines is 1. The van der Waals surface area contributed by atoms with Crippen LogP contribution in [0.4, 0.5) is 0 Å². The molecule has 7 N–H and O–H groups in total. The molecule has 0 amide bonds. The number of phenols is 1. The standard InChI is InChI=1S/C26H29N5O8/c1-12-7-17-18(8-13(12)2)31(23-21(28-17)24(36)30-26(38)29-23)10-20(22(35)19(34)11-32)39-25(37)16(27)9-14-3-5-15(33)6-4-14/h3-8,16,19-20,22,32-35H,9-11,27H2,1-2H3,(H,30,36,38)/t16-,19-,20+,22-/m0/s1. The largest absolute Gasteiger partial charge is 0.508 e. The minimum atomic E-state index is -1.77. The second-order valence-electron chi connectivity index (χ2n) is 9.38. The Labute approximate surface area is 221 Å². The molecule has 0 fully saturated rings. The lowest BCUT2D eigenvalue weighted by Crippen LogP contribution is -2.47. The molecule has 13 heteroatoms. The first-order chi connectivity index (χ1) is 18.5. The zero-order valence-electron chi connectivity index (χ0n) is 21.2. The quantitative estimate of drug-likeness (QED) is 0.113. The lowest BCUT2D eigenvalue weighted by molar-refractivity contribution is -0.164. The van der Waals surface area contributed by atoms with Crippen LogP contribution in [0.1, 0.15) is 16.7 Å². The van der Waals surface area contributed by atoms with Crippen LogP contribution in [0.25, 0.3) is 22.6 Å². The Balaban J connectivity index is 1.76. The summed E-state index contributed by atoms with van der Waals surface area (Å²) in [5, 5.41) is 39.9. The maximum Gasteiger partial charge on any atom is 0.349 e. The molecule has 206 valence electrons. The molecule has 0 bridgehead atoms. The summed E-state index contributed by atoms with van der Waals surface area (Å²) < 4.78 is 6.94. The molecule has 2 heterocycles. The molecule has 0 aliphatic carbocycles. The van der Waals surface area contributed by atoms with E-state index in [1.165, 1.54) is 16.7 Å². The van der Waals surface area contributed by atoms with Gasteiger partial charge in [0.15, 0.2) is 11.5 Å². The fourth-order valence-corrected chi connectivity index (χ4v) is 4.19. The molecule has 0 unspecified atom stereocenters. The van der Waals surface area contributed by atoms with Gasteiger partial charge in [0.2, 0.25) is 0 Å². The number of fused-ring (bicyclic) bond motifs is 2. The van der Waals surface area contributed by atoms with Crippen LogP contribution in [0, 0.1) is 13.8 Å². The van der Waals surface area contributed by atoms with Gasteiger partial charge >= 0.3 is 11.7 Å². The fourth-order valence-electron chi connectivity index (χ4n) is 4.19. The van der Waals surface area contributed by atoms with Crippen LogP contribution >= 0.6 is 0 Å². The SMILES string of the molecule is Cc1cc2nc3c(=O)[nH]c(=O)nc-3n(C[C@@H](OC(=O)[C@@H](N)Cc3ccc(O)cc3)[C@@H](O)[C@@H](O)CO)c2cc1C. The predicted octanol–water partition coefficient (Wildman–Crippen LogP) is -0.897. The molecule has 2 aromatic rings. The van der Waals surface area contributed by atoms with Gasteiger partial charge in [0.1, 0.15) is 30.1 Å². The summed E-state index contributed by atoms with van der Waals surface area (Å²) in [6.45, 7) is 2.50. The topological polar surface area (TPSA) is 214 Å². The smallest absolute Gasteiger partial charge is 0.349 e. The van der Waals surface area contributed by atoms with Crippen molar-refractivity contribution in [3.8, 4) is 17.3 Å². The minimum absolute atomic E-state index is 0.0454. The van der Waals surface area contributed by atoms with Crippen molar-refractivity contribution in [2.45, 2.75) is 51.2 Å². The van der Waals surface area contributed by atoms with Crippen molar-refractivity contribution in [2.24, 2.45) is 5.73 Å². The van der Waals surface area contributed by atoms with Crippen molar-refractivity contribution in [1.82, 2.24) is 19.5 Å². The van der Waals surface area contributed by atoms with Gasteiger partial charge in [0.25, 0.3) is 5.56 Å². The van der Waals surface area contributed by atoms with Gasteiger partial charge in [0.05, 0.1) is 24.2 Å². The number of rotatable bonds is 9. The number of aliphatic hydroxyl groups is 3. The second kappa shape index (κ2) is 11.3. The molecule has 2 aliphatic rings. The minimum Gasteiger partial charge on any atom is -0.508 e. The highest BCUT2D eigenvalue weighted by molar-refractivity contribution is 5.81. The number of aromatic nitrogens is 4.